The summed E-state index contributed by atoms with van der Waals surface area (Å²) >= 11 is 0. The van der Waals surface area contributed by atoms with Crippen LogP contribution in [0.3, 0.4) is 0 Å². The van der Waals surface area contributed by atoms with Gasteiger partial charge in [0.1, 0.15) is 11.6 Å². The van der Waals surface area contributed by atoms with Gasteiger partial charge in [0.15, 0.2) is 0 Å². The van der Waals surface area contributed by atoms with E-state index < -0.39 is 0 Å². The average Bonchev–Trinajstić information content (AvgIpc) is 2.80. The van der Waals surface area contributed by atoms with Crippen molar-refractivity contribution in [3.63, 3.8) is 0 Å². The van der Waals surface area contributed by atoms with E-state index in [0.29, 0.717) is 0 Å². The van der Waals surface area contributed by atoms with Crippen LogP contribution in [0.2, 0.25) is 0 Å². The molecule has 4 rings (SSSR count). The standard InChI is InChI=1S/C18H17N5.H2/c1-19-17-10-13(6-8-20-17)12-4-5-15-16(9-12)22-11-14-3-2-7-21-18(14)23-15;/h2-10,22H,11H2,1H3,(H,19,20)(H,21,23);1H. The Morgan fingerprint density at radius 1 is 1.00 bits per heavy atom. The normalized spacial score (nSPS) is 12.2. The van der Waals surface area contributed by atoms with Gasteiger partial charge >= 0.3 is 0 Å². The third kappa shape index (κ3) is 2.57. The number of nitrogens with zero attached hydrogens (tertiary/aromatic N) is 2. The Morgan fingerprint density at radius 2 is 1.91 bits per heavy atom. The molecular weight excluding hydrogens is 286 g/mol. The average molecular weight is 305 g/mol. The lowest BCUT2D eigenvalue weighted by Crippen LogP contribution is -1.98. The van der Waals surface area contributed by atoms with Crippen molar-refractivity contribution in [2.75, 3.05) is 23.0 Å². The first-order chi connectivity index (χ1) is 11.3. The zero-order chi connectivity index (χ0) is 15.6. The van der Waals surface area contributed by atoms with Gasteiger partial charge in [0, 0.05) is 33.0 Å². The van der Waals surface area contributed by atoms with Gasteiger partial charge in [0.05, 0.1) is 11.4 Å². The van der Waals surface area contributed by atoms with Crippen LogP contribution < -0.4 is 16.0 Å². The molecule has 1 aliphatic rings. The molecule has 0 fully saturated rings. The number of benzene rings is 1. The van der Waals surface area contributed by atoms with Gasteiger partial charge in [-0.15, -0.1) is 0 Å². The Bertz CT molecular complexity index is 866. The van der Waals surface area contributed by atoms with Crippen molar-refractivity contribution in [3.8, 4) is 11.1 Å². The molecular formula is C18H19N5. The maximum atomic E-state index is 4.41. The number of pyridine rings is 2. The summed E-state index contributed by atoms with van der Waals surface area (Å²) in [5.41, 5.74) is 5.55. The predicted molar refractivity (Wildman–Crippen MR) is 96.2 cm³/mol. The molecule has 0 radical (unpaired) electrons. The summed E-state index contributed by atoms with van der Waals surface area (Å²) in [5.74, 6) is 1.77. The minimum Gasteiger partial charge on any atom is -0.379 e. The smallest absolute Gasteiger partial charge is 0.135 e. The van der Waals surface area contributed by atoms with Crippen molar-refractivity contribution in [3.05, 3.63) is 60.4 Å². The molecule has 0 amide bonds. The number of nitrogens with one attached hydrogen (secondary N) is 3. The molecule has 0 aliphatic carbocycles. The molecule has 0 atom stereocenters. The van der Waals surface area contributed by atoms with Crippen LogP contribution in [0.5, 0.6) is 0 Å². The number of rotatable bonds is 2. The molecule has 3 N–H and O–H groups in total. The first-order valence-corrected chi connectivity index (χ1v) is 7.56. The lowest BCUT2D eigenvalue weighted by atomic mass is 10.1. The second kappa shape index (κ2) is 5.61. The number of hydrogen-bond acceptors (Lipinski definition) is 5. The highest BCUT2D eigenvalue weighted by molar-refractivity contribution is 5.82. The Kier molecular flexibility index (Phi) is 3.31. The maximum Gasteiger partial charge on any atom is 0.135 e. The summed E-state index contributed by atoms with van der Waals surface area (Å²) in [4.78, 5) is 8.68. The molecule has 5 nitrogen and oxygen atoms in total. The topological polar surface area (TPSA) is 61.9 Å². The lowest BCUT2D eigenvalue weighted by Gasteiger charge is -2.11. The highest BCUT2D eigenvalue weighted by Gasteiger charge is 2.13. The van der Waals surface area contributed by atoms with Gasteiger partial charge in [-0.3, -0.25) is 0 Å². The van der Waals surface area contributed by atoms with Crippen molar-refractivity contribution in [1.82, 2.24) is 9.97 Å². The fourth-order valence-corrected chi connectivity index (χ4v) is 2.74. The van der Waals surface area contributed by atoms with Crippen LogP contribution >= 0.6 is 0 Å². The molecule has 5 heteroatoms. The summed E-state index contributed by atoms with van der Waals surface area (Å²) < 4.78 is 0. The van der Waals surface area contributed by atoms with Crippen molar-refractivity contribution in [2.24, 2.45) is 0 Å². The van der Waals surface area contributed by atoms with E-state index >= 15 is 0 Å². The zero-order valence-electron chi connectivity index (χ0n) is 12.8. The van der Waals surface area contributed by atoms with Crippen LogP contribution in [0.15, 0.2) is 54.9 Å². The van der Waals surface area contributed by atoms with E-state index in [1.165, 1.54) is 0 Å². The monoisotopic (exact) mass is 305 g/mol. The second-order valence-corrected chi connectivity index (χ2v) is 5.43. The maximum absolute atomic E-state index is 4.41. The van der Waals surface area contributed by atoms with Crippen LogP contribution in [0, 0.1) is 0 Å². The molecule has 2 aromatic heterocycles. The van der Waals surface area contributed by atoms with Gasteiger partial charge in [-0.1, -0.05) is 12.1 Å². The number of anilines is 4. The first-order valence-electron chi connectivity index (χ1n) is 7.56. The SMILES string of the molecule is CNc1cc(-c2ccc3c(c2)NCc2cccnc2N3)ccn1.[HH]. The lowest BCUT2D eigenvalue weighted by molar-refractivity contribution is 1.14. The van der Waals surface area contributed by atoms with Gasteiger partial charge < -0.3 is 16.0 Å². The van der Waals surface area contributed by atoms with Crippen LogP contribution in [0.1, 0.15) is 6.99 Å². The Hall–Kier alpha value is -3.08. The summed E-state index contributed by atoms with van der Waals surface area (Å²) in [6, 6.07) is 14.4. The van der Waals surface area contributed by atoms with E-state index in [0.717, 1.165) is 46.2 Å². The van der Waals surface area contributed by atoms with Gasteiger partial charge in [0.2, 0.25) is 0 Å². The molecule has 116 valence electrons. The quantitative estimate of drug-likeness (QED) is 0.665. The van der Waals surface area contributed by atoms with Gasteiger partial charge in [-0.25, -0.2) is 9.97 Å². The highest BCUT2D eigenvalue weighted by atomic mass is 15.0. The van der Waals surface area contributed by atoms with Crippen LogP contribution in [0.25, 0.3) is 11.1 Å². The number of hydrogen-bond donors (Lipinski definition) is 3. The number of aromatic nitrogens is 2. The van der Waals surface area contributed by atoms with E-state index in [1.54, 1.807) is 6.20 Å². The fraction of sp³-hybridized carbons (Fsp3) is 0.111. The molecule has 0 unspecified atom stereocenters. The fourth-order valence-electron chi connectivity index (χ4n) is 2.74. The third-order valence-corrected chi connectivity index (χ3v) is 3.98. The van der Waals surface area contributed by atoms with Crippen molar-refractivity contribution in [1.29, 1.82) is 0 Å². The summed E-state index contributed by atoms with van der Waals surface area (Å²) in [6.45, 7) is 0.755. The van der Waals surface area contributed by atoms with E-state index in [9.17, 15) is 0 Å². The molecule has 3 heterocycles. The van der Waals surface area contributed by atoms with E-state index in [2.05, 4.69) is 50.2 Å². The Morgan fingerprint density at radius 3 is 2.83 bits per heavy atom. The molecule has 23 heavy (non-hydrogen) atoms. The van der Waals surface area contributed by atoms with Crippen molar-refractivity contribution >= 4 is 23.0 Å². The predicted octanol–water partition coefficient (Wildman–Crippen LogP) is 4.10. The molecule has 3 aromatic rings. The molecule has 0 saturated heterocycles. The number of fused-ring (bicyclic) bond motifs is 2. The molecule has 0 saturated carbocycles. The third-order valence-electron chi connectivity index (χ3n) is 3.98. The Labute approximate surface area is 136 Å². The second-order valence-electron chi connectivity index (χ2n) is 5.43. The van der Waals surface area contributed by atoms with Gasteiger partial charge in [-0.05, 0) is 41.5 Å². The van der Waals surface area contributed by atoms with Crippen molar-refractivity contribution in [2.45, 2.75) is 6.54 Å². The summed E-state index contributed by atoms with van der Waals surface area (Å²) in [7, 11) is 1.87. The molecule has 1 aromatic carbocycles. The summed E-state index contributed by atoms with van der Waals surface area (Å²) in [5, 5.41) is 9.97. The van der Waals surface area contributed by atoms with Crippen molar-refractivity contribution < 1.29 is 1.43 Å². The van der Waals surface area contributed by atoms with Gasteiger partial charge in [-0.2, -0.15) is 0 Å². The van der Waals surface area contributed by atoms with Crippen LogP contribution in [-0.4, -0.2) is 17.0 Å². The minimum absolute atomic E-state index is 0. The van der Waals surface area contributed by atoms with Gasteiger partial charge in [0.25, 0.3) is 0 Å². The van der Waals surface area contributed by atoms with E-state index in [1.807, 2.05) is 31.4 Å². The van der Waals surface area contributed by atoms with E-state index in [4.69, 9.17) is 0 Å². The molecule has 0 bridgehead atoms. The van der Waals surface area contributed by atoms with Crippen LogP contribution in [0.4, 0.5) is 23.0 Å². The first kappa shape index (κ1) is 13.6. The van der Waals surface area contributed by atoms with E-state index in [-0.39, 0.29) is 1.43 Å². The highest BCUT2D eigenvalue weighted by Crippen LogP contribution is 2.34. The summed E-state index contributed by atoms with van der Waals surface area (Å²) in [6.07, 6.45) is 3.62. The Balaban J connectivity index is 0.00000169. The molecule has 1 aliphatic heterocycles. The molecule has 0 spiro atoms. The largest absolute Gasteiger partial charge is 0.379 e. The van der Waals surface area contributed by atoms with Crippen LogP contribution in [-0.2, 0) is 6.54 Å². The minimum atomic E-state index is 0. The zero-order valence-corrected chi connectivity index (χ0v) is 12.8.